The molecule has 0 saturated heterocycles. The summed E-state index contributed by atoms with van der Waals surface area (Å²) in [6.45, 7) is 10.0. The molecule has 1 aromatic heterocycles. The van der Waals surface area contributed by atoms with Crippen molar-refractivity contribution in [2.45, 2.75) is 46.6 Å². The molecular weight excluding hydrogens is 238 g/mol. The Balaban J connectivity index is 2.48. The summed E-state index contributed by atoms with van der Waals surface area (Å²) in [5.74, 6) is 3.22. The number of anilines is 2. The molecule has 5 nitrogen and oxygen atoms in total. The number of nitrogens with one attached hydrogen (secondary N) is 2. The molecule has 0 radical (unpaired) electrons. The topological polar surface area (TPSA) is 75.9 Å². The molecule has 108 valence electrons. The summed E-state index contributed by atoms with van der Waals surface area (Å²) in [6, 6.07) is 2.04. The van der Waals surface area contributed by atoms with Gasteiger partial charge in [-0.15, -0.1) is 0 Å². The molecule has 0 saturated carbocycles. The molecule has 5 heteroatoms. The van der Waals surface area contributed by atoms with Crippen molar-refractivity contribution >= 4 is 11.6 Å². The van der Waals surface area contributed by atoms with Crippen molar-refractivity contribution in [3.8, 4) is 0 Å². The minimum Gasteiger partial charge on any atom is -0.370 e. The standard InChI is InChI=1S/C14H27N5/c1-10(2)6-5-7-16-13-8-14(17-9-11(3)15)19-12(4)18-13/h8,10-11H,5-7,9,15H2,1-4H3,(H2,16,17,18,19). The van der Waals surface area contributed by atoms with Gasteiger partial charge in [0.15, 0.2) is 0 Å². The van der Waals surface area contributed by atoms with Crippen LogP contribution in [-0.2, 0) is 0 Å². The van der Waals surface area contributed by atoms with Gasteiger partial charge in [-0.2, -0.15) is 0 Å². The van der Waals surface area contributed by atoms with E-state index in [2.05, 4.69) is 34.4 Å². The van der Waals surface area contributed by atoms with Crippen LogP contribution in [0.15, 0.2) is 6.07 Å². The first-order valence-corrected chi connectivity index (χ1v) is 7.06. The van der Waals surface area contributed by atoms with Crippen molar-refractivity contribution in [1.82, 2.24) is 9.97 Å². The van der Waals surface area contributed by atoms with Crippen LogP contribution >= 0.6 is 0 Å². The van der Waals surface area contributed by atoms with Gasteiger partial charge in [0, 0.05) is 25.2 Å². The summed E-state index contributed by atoms with van der Waals surface area (Å²) in [5, 5.41) is 6.56. The second kappa shape index (κ2) is 7.94. The van der Waals surface area contributed by atoms with Crippen molar-refractivity contribution in [2.24, 2.45) is 11.7 Å². The smallest absolute Gasteiger partial charge is 0.131 e. The van der Waals surface area contributed by atoms with Gasteiger partial charge in [0.1, 0.15) is 17.5 Å². The molecule has 1 atom stereocenters. The van der Waals surface area contributed by atoms with Gasteiger partial charge in [-0.3, -0.25) is 0 Å². The number of hydrogen-bond acceptors (Lipinski definition) is 5. The van der Waals surface area contributed by atoms with Crippen LogP contribution < -0.4 is 16.4 Å². The Labute approximate surface area is 116 Å². The number of nitrogens with zero attached hydrogens (tertiary/aromatic N) is 2. The molecule has 0 aliphatic heterocycles. The molecule has 0 bridgehead atoms. The second-order valence-electron chi connectivity index (χ2n) is 5.51. The quantitative estimate of drug-likeness (QED) is 0.629. The minimum absolute atomic E-state index is 0.109. The van der Waals surface area contributed by atoms with Crippen LogP contribution in [0, 0.1) is 12.8 Å². The van der Waals surface area contributed by atoms with Crippen LogP contribution in [0.3, 0.4) is 0 Å². The minimum atomic E-state index is 0.109. The molecule has 0 spiro atoms. The number of rotatable bonds is 8. The van der Waals surface area contributed by atoms with Crippen LogP contribution in [-0.4, -0.2) is 29.1 Å². The third-order valence-electron chi connectivity index (χ3n) is 2.71. The van der Waals surface area contributed by atoms with Gasteiger partial charge in [-0.05, 0) is 32.6 Å². The van der Waals surface area contributed by atoms with Crippen LogP contribution in [0.5, 0.6) is 0 Å². The zero-order chi connectivity index (χ0) is 14.3. The lowest BCUT2D eigenvalue weighted by atomic mass is 10.1. The maximum atomic E-state index is 5.72. The average Bonchev–Trinajstić information content (AvgIpc) is 2.31. The van der Waals surface area contributed by atoms with E-state index in [0.29, 0.717) is 6.54 Å². The Morgan fingerprint density at radius 1 is 1.16 bits per heavy atom. The summed E-state index contributed by atoms with van der Waals surface area (Å²) in [5.41, 5.74) is 5.72. The van der Waals surface area contributed by atoms with E-state index in [9.17, 15) is 0 Å². The average molecular weight is 265 g/mol. The predicted octanol–water partition coefficient (Wildman–Crippen LogP) is 2.39. The van der Waals surface area contributed by atoms with E-state index >= 15 is 0 Å². The summed E-state index contributed by atoms with van der Waals surface area (Å²) in [6.07, 6.45) is 2.39. The van der Waals surface area contributed by atoms with E-state index in [1.54, 1.807) is 0 Å². The largest absolute Gasteiger partial charge is 0.370 e. The fourth-order valence-electron chi connectivity index (χ4n) is 1.74. The Kier molecular flexibility index (Phi) is 6.56. The number of nitrogens with two attached hydrogens (primary N) is 1. The molecule has 4 N–H and O–H groups in total. The van der Waals surface area contributed by atoms with Gasteiger partial charge in [0.2, 0.25) is 0 Å². The van der Waals surface area contributed by atoms with E-state index in [-0.39, 0.29) is 6.04 Å². The van der Waals surface area contributed by atoms with Gasteiger partial charge < -0.3 is 16.4 Å². The number of aryl methyl sites for hydroxylation is 1. The second-order valence-corrected chi connectivity index (χ2v) is 5.51. The molecule has 0 aliphatic carbocycles. The number of aromatic nitrogens is 2. The summed E-state index contributed by atoms with van der Waals surface area (Å²) >= 11 is 0. The van der Waals surface area contributed by atoms with Crippen LogP contribution in [0.25, 0.3) is 0 Å². The zero-order valence-corrected chi connectivity index (χ0v) is 12.5. The van der Waals surface area contributed by atoms with E-state index in [1.165, 1.54) is 6.42 Å². The maximum Gasteiger partial charge on any atom is 0.131 e. The van der Waals surface area contributed by atoms with E-state index in [0.717, 1.165) is 36.3 Å². The summed E-state index contributed by atoms with van der Waals surface area (Å²) in [7, 11) is 0. The highest BCUT2D eigenvalue weighted by molar-refractivity contribution is 5.47. The van der Waals surface area contributed by atoms with Gasteiger partial charge >= 0.3 is 0 Å². The first-order chi connectivity index (χ1) is 8.97. The van der Waals surface area contributed by atoms with Crippen LogP contribution in [0.2, 0.25) is 0 Å². The molecule has 0 fully saturated rings. The van der Waals surface area contributed by atoms with E-state index < -0.39 is 0 Å². The van der Waals surface area contributed by atoms with Crippen LogP contribution in [0.1, 0.15) is 39.4 Å². The normalized spacial score (nSPS) is 12.5. The molecule has 0 aromatic carbocycles. The molecule has 0 amide bonds. The predicted molar refractivity (Wildman–Crippen MR) is 81.5 cm³/mol. The van der Waals surface area contributed by atoms with Crippen molar-refractivity contribution in [1.29, 1.82) is 0 Å². The first kappa shape index (κ1) is 15.7. The molecule has 1 unspecified atom stereocenters. The Morgan fingerprint density at radius 2 is 1.79 bits per heavy atom. The Bertz CT molecular complexity index is 376. The molecule has 1 rings (SSSR count). The highest BCUT2D eigenvalue weighted by Gasteiger charge is 2.02. The molecule has 1 heterocycles. The van der Waals surface area contributed by atoms with Crippen molar-refractivity contribution in [3.05, 3.63) is 11.9 Å². The Hall–Kier alpha value is -1.36. The third-order valence-corrected chi connectivity index (χ3v) is 2.71. The molecule has 19 heavy (non-hydrogen) atoms. The lowest BCUT2D eigenvalue weighted by Crippen LogP contribution is -2.25. The van der Waals surface area contributed by atoms with E-state index in [4.69, 9.17) is 5.73 Å². The highest BCUT2D eigenvalue weighted by Crippen LogP contribution is 2.11. The van der Waals surface area contributed by atoms with Gasteiger partial charge in [0.25, 0.3) is 0 Å². The fraction of sp³-hybridized carbons (Fsp3) is 0.714. The number of hydrogen-bond donors (Lipinski definition) is 3. The van der Waals surface area contributed by atoms with E-state index in [1.807, 2.05) is 19.9 Å². The fourth-order valence-corrected chi connectivity index (χ4v) is 1.74. The monoisotopic (exact) mass is 265 g/mol. The van der Waals surface area contributed by atoms with Crippen molar-refractivity contribution < 1.29 is 0 Å². The van der Waals surface area contributed by atoms with Crippen LogP contribution in [0.4, 0.5) is 11.6 Å². The lowest BCUT2D eigenvalue weighted by Gasteiger charge is -2.12. The van der Waals surface area contributed by atoms with Gasteiger partial charge in [0.05, 0.1) is 0 Å². The lowest BCUT2D eigenvalue weighted by molar-refractivity contribution is 0.566. The van der Waals surface area contributed by atoms with Crippen molar-refractivity contribution in [2.75, 3.05) is 23.7 Å². The zero-order valence-electron chi connectivity index (χ0n) is 12.5. The molecule has 1 aromatic rings. The first-order valence-electron chi connectivity index (χ1n) is 7.06. The van der Waals surface area contributed by atoms with Gasteiger partial charge in [-0.25, -0.2) is 9.97 Å². The highest BCUT2D eigenvalue weighted by atomic mass is 15.1. The summed E-state index contributed by atoms with van der Waals surface area (Å²) in [4.78, 5) is 8.73. The van der Waals surface area contributed by atoms with Gasteiger partial charge in [-0.1, -0.05) is 13.8 Å². The maximum absolute atomic E-state index is 5.72. The SMILES string of the molecule is Cc1nc(NCCCC(C)C)cc(NCC(C)N)n1. The third kappa shape index (κ3) is 6.96. The molecule has 0 aliphatic rings. The summed E-state index contributed by atoms with van der Waals surface area (Å²) < 4.78 is 0. The molecular formula is C14H27N5. The van der Waals surface area contributed by atoms with Crippen molar-refractivity contribution in [3.63, 3.8) is 0 Å². The Morgan fingerprint density at radius 3 is 2.37 bits per heavy atom.